The van der Waals surface area contributed by atoms with Crippen LogP contribution in [0.25, 0.3) is 33.2 Å². The Kier molecular flexibility index (Phi) is 3.38. The molecule has 4 aromatic heterocycles. The van der Waals surface area contributed by atoms with E-state index in [-0.39, 0.29) is 0 Å². The van der Waals surface area contributed by atoms with Crippen LogP contribution in [-0.4, -0.2) is 25.1 Å². The maximum atomic E-state index is 4.67. The van der Waals surface area contributed by atoms with Crippen molar-refractivity contribution >= 4 is 27.8 Å². The summed E-state index contributed by atoms with van der Waals surface area (Å²) >= 11 is 0. The third-order valence-electron chi connectivity index (χ3n) is 4.43. The van der Waals surface area contributed by atoms with Crippen molar-refractivity contribution in [1.82, 2.24) is 25.1 Å². The smallest absolute Gasteiger partial charge is 0.140 e. The lowest BCUT2D eigenvalue weighted by Crippen LogP contribution is -2.03. The summed E-state index contributed by atoms with van der Waals surface area (Å²) in [7, 11) is 0. The number of pyridine rings is 2. The number of aromatic amines is 2. The minimum absolute atomic E-state index is 0.612. The van der Waals surface area contributed by atoms with Crippen molar-refractivity contribution in [1.29, 1.82) is 0 Å². The Morgan fingerprint density at radius 1 is 0.962 bits per heavy atom. The second-order valence-corrected chi connectivity index (χ2v) is 6.09. The van der Waals surface area contributed by atoms with Crippen LogP contribution in [0, 0.1) is 0 Å². The summed E-state index contributed by atoms with van der Waals surface area (Å²) in [5, 5.41) is 13.2. The molecule has 0 atom stereocenters. The van der Waals surface area contributed by atoms with Crippen molar-refractivity contribution in [3.8, 4) is 11.3 Å². The molecule has 4 heterocycles. The number of hydrogen-bond acceptors (Lipinski definition) is 4. The van der Waals surface area contributed by atoms with E-state index in [2.05, 4.69) is 36.5 Å². The second-order valence-electron chi connectivity index (χ2n) is 6.09. The number of benzene rings is 1. The van der Waals surface area contributed by atoms with E-state index in [1.54, 1.807) is 6.20 Å². The highest BCUT2D eigenvalue weighted by Crippen LogP contribution is 2.33. The number of hydrogen-bond donors (Lipinski definition) is 3. The highest BCUT2D eigenvalue weighted by atomic mass is 15.1. The summed E-state index contributed by atoms with van der Waals surface area (Å²) in [6.45, 7) is 0.612. The SMILES string of the molecule is c1ccc(CNc2cc(-c3n[nH]c4ccccc34)c3cc[nH]c3n2)nc1. The molecule has 5 rings (SSSR count). The van der Waals surface area contributed by atoms with Gasteiger partial charge in [-0.05, 0) is 30.3 Å². The Balaban J connectivity index is 1.59. The number of nitrogens with zero attached hydrogens (tertiary/aromatic N) is 3. The molecule has 0 aliphatic carbocycles. The molecule has 0 aliphatic heterocycles. The van der Waals surface area contributed by atoms with Crippen LogP contribution in [0.5, 0.6) is 0 Å². The minimum atomic E-state index is 0.612. The van der Waals surface area contributed by atoms with Gasteiger partial charge in [-0.15, -0.1) is 0 Å². The molecule has 5 aromatic rings. The topological polar surface area (TPSA) is 82.3 Å². The number of H-pyrrole nitrogens is 2. The molecule has 0 fully saturated rings. The van der Waals surface area contributed by atoms with Crippen LogP contribution in [-0.2, 0) is 6.54 Å². The van der Waals surface area contributed by atoms with Gasteiger partial charge in [0.2, 0.25) is 0 Å². The molecule has 0 radical (unpaired) electrons. The highest BCUT2D eigenvalue weighted by Gasteiger charge is 2.14. The zero-order chi connectivity index (χ0) is 17.3. The fourth-order valence-electron chi connectivity index (χ4n) is 3.18. The first kappa shape index (κ1) is 14.7. The van der Waals surface area contributed by atoms with Crippen LogP contribution in [0.2, 0.25) is 0 Å². The van der Waals surface area contributed by atoms with E-state index in [0.717, 1.165) is 44.7 Å². The normalized spacial score (nSPS) is 11.2. The Morgan fingerprint density at radius 2 is 1.88 bits per heavy atom. The van der Waals surface area contributed by atoms with Crippen molar-refractivity contribution in [2.45, 2.75) is 6.54 Å². The van der Waals surface area contributed by atoms with Crippen LogP contribution in [0.1, 0.15) is 5.69 Å². The number of aromatic nitrogens is 5. The summed E-state index contributed by atoms with van der Waals surface area (Å²) in [6, 6.07) is 18.1. The van der Waals surface area contributed by atoms with Crippen LogP contribution >= 0.6 is 0 Å². The molecular weight excluding hydrogens is 324 g/mol. The van der Waals surface area contributed by atoms with Gasteiger partial charge in [-0.2, -0.15) is 5.10 Å². The van der Waals surface area contributed by atoms with E-state index in [1.165, 1.54) is 0 Å². The van der Waals surface area contributed by atoms with Gasteiger partial charge < -0.3 is 10.3 Å². The van der Waals surface area contributed by atoms with Crippen LogP contribution < -0.4 is 5.32 Å². The maximum absolute atomic E-state index is 4.67. The maximum Gasteiger partial charge on any atom is 0.140 e. The van der Waals surface area contributed by atoms with Gasteiger partial charge in [-0.3, -0.25) is 10.1 Å². The van der Waals surface area contributed by atoms with E-state index in [1.807, 2.05) is 54.7 Å². The van der Waals surface area contributed by atoms with Gasteiger partial charge in [0.1, 0.15) is 17.2 Å². The zero-order valence-corrected chi connectivity index (χ0v) is 13.9. The van der Waals surface area contributed by atoms with E-state index >= 15 is 0 Å². The molecule has 0 bridgehead atoms. The fourth-order valence-corrected chi connectivity index (χ4v) is 3.18. The van der Waals surface area contributed by atoms with Gasteiger partial charge in [-0.25, -0.2) is 4.98 Å². The molecule has 6 nitrogen and oxygen atoms in total. The summed E-state index contributed by atoms with van der Waals surface area (Å²) in [6.07, 6.45) is 3.69. The monoisotopic (exact) mass is 340 g/mol. The van der Waals surface area contributed by atoms with E-state index in [9.17, 15) is 0 Å². The van der Waals surface area contributed by atoms with E-state index < -0.39 is 0 Å². The summed E-state index contributed by atoms with van der Waals surface area (Å²) in [5.41, 5.74) is 4.78. The average molecular weight is 340 g/mol. The molecule has 1 aromatic carbocycles. The number of fused-ring (bicyclic) bond motifs is 2. The standard InChI is InChI=1S/C20H16N6/c1-2-7-17-15(6-1)19(26-25-17)16-11-18(24-20-14(16)8-10-22-20)23-12-13-5-3-4-9-21-13/h1-11H,12H2,(H,25,26)(H2,22,23,24). The lowest BCUT2D eigenvalue weighted by Gasteiger charge is -2.08. The van der Waals surface area contributed by atoms with Crippen LogP contribution in [0.3, 0.4) is 0 Å². The highest BCUT2D eigenvalue weighted by molar-refractivity contribution is 6.02. The third-order valence-corrected chi connectivity index (χ3v) is 4.43. The lowest BCUT2D eigenvalue weighted by molar-refractivity contribution is 1.03. The first-order valence-corrected chi connectivity index (χ1v) is 8.44. The molecule has 0 unspecified atom stereocenters. The summed E-state index contributed by atoms with van der Waals surface area (Å²) in [5.74, 6) is 0.785. The summed E-state index contributed by atoms with van der Waals surface area (Å²) in [4.78, 5) is 12.2. The Morgan fingerprint density at radius 3 is 2.81 bits per heavy atom. The Labute approximate surface area is 149 Å². The Bertz CT molecular complexity index is 1190. The van der Waals surface area contributed by atoms with Crippen LogP contribution in [0.15, 0.2) is 67.0 Å². The largest absolute Gasteiger partial charge is 0.364 e. The van der Waals surface area contributed by atoms with Crippen molar-refractivity contribution in [3.05, 3.63) is 72.7 Å². The molecular formula is C20H16N6. The van der Waals surface area contributed by atoms with Gasteiger partial charge in [0.05, 0.1) is 17.8 Å². The third kappa shape index (κ3) is 2.48. The summed E-state index contributed by atoms with van der Waals surface area (Å²) < 4.78 is 0. The zero-order valence-electron chi connectivity index (χ0n) is 13.9. The number of nitrogens with one attached hydrogen (secondary N) is 3. The predicted octanol–water partition coefficient (Wildman–Crippen LogP) is 4.11. The second kappa shape index (κ2) is 6.00. The minimum Gasteiger partial charge on any atom is -0.364 e. The number of anilines is 1. The molecule has 0 amide bonds. The molecule has 0 aliphatic rings. The van der Waals surface area contributed by atoms with Crippen molar-refractivity contribution in [2.24, 2.45) is 0 Å². The molecule has 26 heavy (non-hydrogen) atoms. The lowest BCUT2D eigenvalue weighted by atomic mass is 10.1. The molecule has 126 valence electrons. The van der Waals surface area contributed by atoms with Gasteiger partial charge in [0.25, 0.3) is 0 Å². The molecule has 3 N–H and O–H groups in total. The quantitative estimate of drug-likeness (QED) is 0.460. The first-order valence-electron chi connectivity index (χ1n) is 8.44. The van der Waals surface area contributed by atoms with Crippen molar-refractivity contribution in [3.63, 3.8) is 0 Å². The van der Waals surface area contributed by atoms with Gasteiger partial charge >= 0.3 is 0 Å². The fraction of sp³-hybridized carbons (Fsp3) is 0.0500. The molecule has 0 saturated carbocycles. The van der Waals surface area contributed by atoms with Gasteiger partial charge in [-0.1, -0.05) is 24.3 Å². The van der Waals surface area contributed by atoms with Crippen molar-refractivity contribution in [2.75, 3.05) is 5.32 Å². The molecule has 0 saturated heterocycles. The van der Waals surface area contributed by atoms with Gasteiger partial charge in [0, 0.05) is 28.7 Å². The Hall–Kier alpha value is -3.67. The van der Waals surface area contributed by atoms with E-state index in [0.29, 0.717) is 6.54 Å². The molecule has 6 heteroatoms. The predicted molar refractivity (Wildman–Crippen MR) is 103 cm³/mol. The van der Waals surface area contributed by atoms with Crippen molar-refractivity contribution < 1.29 is 0 Å². The molecule has 0 spiro atoms. The van der Waals surface area contributed by atoms with Crippen LogP contribution in [0.4, 0.5) is 5.82 Å². The van der Waals surface area contributed by atoms with E-state index in [4.69, 9.17) is 0 Å². The average Bonchev–Trinajstić information content (AvgIpc) is 3.33. The van der Waals surface area contributed by atoms with Gasteiger partial charge in [0.15, 0.2) is 0 Å². The number of rotatable bonds is 4. The number of para-hydroxylation sites is 1. The first-order chi connectivity index (χ1) is 12.9.